The molecule has 1 aromatic carbocycles. The van der Waals surface area contributed by atoms with E-state index in [-0.39, 0.29) is 6.09 Å². The number of carbonyl (C=O) groups is 1. The van der Waals surface area contributed by atoms with Crippen LogP contribution in [0.1, 0.15) is 39.7 Å². The highest BCUT2D eigenvalue weighted by Crippen LogP contribution is 2.29. The number of piperidine rings is 1. The van der Waals surface area contributed by atoms with Gasteiger partial charge in [0.15, 0.2) is 0 Å². The number of rotatable bonds is 1. The van der Waals surface area contributed by atoms with E-state index in [2.05, 4.69) is 22.9 Å². The van der Waals surface area contributed by atoms with Gasteiger partial charge in [-0.3, -0.25) is 0 Å². The lowest BCUT2D eigenvalue weighted by atomic mass is 10.0. The molecule has 124 valence electrons. The molecule has 1 amide bonds. The number of nitrogen functional groups attached to an aromatic ring is 1. The molecule has 23 heavy (non-hydrogen) atoms. The Morgan fingerprint density at radius 3 is 2.57 bits per heavy atom. The van der Waals surface area contributed by atoms with Crippen molar-refractivity contribution in [1.29, 1.82) is 0 Å². The van der Waals surface area contributed by atoms with E-state index in [4.69, 9.17) is 10.5 Å². The summed E-state index contributed by atoms with van der Waals surface area (Å²) in [6.45, 7) is 7.16. The van der Waals surface area contributed by atoms with E-state index in [9.17, 15) is 4.79 Å². The zero-order valence-corrected chi connectivity index (χ0v) is 14.1. The second kappa shape index (κ2) is 5.80. The quantitative estimate of drug-likeness (QED) is 0.814. The molecule has 0 radical (unpaired) electrons. The summed E-state index contributed by atoms with van der Waals surface area (Å²) in [6, 6.07) is 8.53. The summed E-state index contributed by atoms with van der Waals surface area (Å²) in [4.78, 5) is 14.0. The lowest BCUT2D eigenvalue weighted by Gasteiger charge is -2.34. The monoisotopic (exact) mass is 315 g/mol. The van der Waals surface area contributed by atoms with Crippen molar-refractivity contribution < 1.29 is 9.53 Å². The highest BCUT2D eigenvalue weighted by molar-refractivity contribution is 5.83. The van der Waals surface area contributed by atoms with E-state index < -0.39 is 5.60 Å². The predicted molar refractivity (Wildman–Crippen MR) is 92.4 cm³/mol. The third kappa shape index (κ3) is 3.44. The molecule has 0 aliphatic carbocycles. The number of hydrogen-bond donors (Lipinski definition) is 1. The molecule has 0 unspecified atom stereocenters. The molecule has 5 nitrogen and oxygen atoms in total. The van der Waals surface area contributed by atoms with Crippen molar-refractivity contribution in [1.82, 2.24) is 9.47 Å². The van der Waals surface area contributed by atoms with E-state index in [1.54, 1.807) is 0 Å². The van der Waals surface area contributed by atoms with Crippen LogP contribution >= 0.6 is 0 Å². The number of fused-ring (bicyclic) bond motifs is 1. The summed E-state index contributed by atoms with van der Waals surface area (Å²) in [7, 11) is 0. The zero-order valence-electron chi connectivity index (χ0n) is 14.1. The smallest absolute Gasteiger partial charge is 0.410 e. The maximum atomic E-state index is 12.1. The first-order chi connectivity index (χ1) is 10.8. The number of nitrogens with zero attached hydrogens (tertiary/aromatic N) is 2. The van der Waals surface area contributed by atoms with Crippen LogP contribution in [0.2, 0.25) is 0 Å². The number of nitrogens with two attached hydrogens (primary N) is 1. The van der Waals surface area contributed by atoms with Crippen LogP contribution in [-0.4, -0.2) is 34.3 Å². The average molecular weight is 315 g/mol. The van der Waals surface area contributed by atoms with Crippen LogP contribution in [0, 0.1) is 0 Å². The minimum atomic E-state index is -0.440. The lowest BCUT2D eigenvalue weighted by molar-refractivity contribution is 0.0190. The highest BCUT2D eigenvalue weighted by Gasteiger charge is 2.27. The maximum Gasteiger partial charge on any atom is 0.410 e. The molecule has 0 atom stereocenters. The summed E-state index contributed by atoms with van der Waals surface area (Å²) < 4.78 is 7.76. The third-order valence-electron chi connectivity index (χ3n) is 4.25. The Kier molecular flexibility index (Phi) is 3.96. The van der Waals surface area contributed by atoms with E-state index in [1.165, 1.54) is 10.9 Å². The SMILES string of the molecule is CC(C)(C)OC(=O)N1CCC(n2ccc3cc(N)ccc32)CC1. The van der Waals surface area contributed by atoms with Crippen molar-refractivity contribution in [2.45, 2.75) is 45.3 Å². The van der Waals surface area contributed by atoms with Gasteiger partial charge in [0, 0.05) is 41.9 Å². The summed E-state index contributed by atoms with van der Waals surface area (Å²) in [6.07, 6.45) is 3.79. The van der Waals surface area contributed by atoms with E-state index in [0.717, 1.165) is 31.6 Å². The molecule has 5 heteroatoms. The number of aromatic nitrogens is 1. The van der Waals surface area contributed by atoms with Gasteiger partial charge in [0.2, 0.25) is 0 Å². The normalized spacial score (nSPS) is 16.7. The molecule has 1 aromatic heterocycles. The first-order valence-corrected chi connectivity index (χ1v) is 8.17. The first-order valence-electron chi connectivity index (χ1n) is 8.17. The van der Waals surface area contributed by atoms with Gasteiger partial charge < -0.3 is 19.9 Å². The molecule has 0 saturated carbocycles. The number of likely N-dealkylation sites (tertiary alicyclic amines) is 1. The second-order valence-electron chi connectivity index (χ2n) is 7.24. The van der Waals surface area contributed by atoms with Gasteiger partial charge in [-0.25, -0.2) is 4.79 Å². The van der Waals surface area contributed by atoms with Gasteiger partial charge in [0.1, 0.15) is 5.60 Å². The number of carbonyl (C=O) groups excluding carboxylic acids is 1. The van der Waals surface area contributed by atoms with Crippen molar-refractivity contribution in [3.05, 3.63) is 30.5 Å². The van der Waals surface area contributed by atoms with Crippen LogP contribution in [-0.2, 0) is 4.74 Å². The van der Waals surface area contributed by atoms with Crippen LogP contribution in [0.25, 0.3) is 10.9 Å². The van der Waals surface area contributed by atoms with Gasteiger partial charge >= 0.3 is 6.09 Å². The Morgan fingerprint density at radius 2 is 1.91 bits per heavy atom. The summed E-state index contributed by atoms with van der Waals surface area (Å²) in [5.41, 5.74) is 7.40. The number of amides is 1. The minimum Gasteiger partial charge on any atom is -0.444 e. The Morgan fingerprint density at radius 1 is 1.22 bits per heavy atom. The fourth-order valence-corrected chi connectivity index (χ4v) is 3.15. The van der Waals surface area contributed by atoms with Crippen LogP contribution < -0.4 is 5.73 Å². The summed E-state index contributed by atoms with van der Waals surface area (Å²) in [5, 5.41) is 1.17. The molecule has 1 fully saturated rings. The van der Waals surface area contributed by atoms with E-state index >= 15 is 0 Å². The molecule has 1 aliphatic heterocycles. The number of hydrogen-bond acceptors (Lipinski definition) is 3. The van der Waals surface area contributed by atoms with Crippen molar-refractivity contribution in [3.8, 4) is 0 Å². The Balaban J connectivity index is 1.67. The molecule has 1 saturated heterocycles. The number of benzene rings is 1. The van der Waals surface area contributed by atoms with Crippen molar-refractivity contribution in [3.63, 3.8) is 0 Å². The minimum absolute atomic E-state index is 0.207. The van der Waals surface area contributed by atoms with E-state index in [1.807, 2.05) is 37.8 Å². The average Bonchev–Trinajstić information content (AvgIpc) is 2.88. The van der Waals surface area contributed by atoms with Crippen LogP contribution in [0.4, 0.5) is 10.5 Å². The number of ether oxygens (including phenoxy) is 1. The molecule has 1 aliphatic rings. The van der Waals surface area contributed by atoms with E-state index in [0.29, 0.717) is 6.04 Å². The topological polar surface area (TPSA) is 60.5 Å². The molecular formula is C18H25N3O2. The van der Waals surface area contributed by atoms with Crippen molar-refractivity contribution in [2.24, 2.45) is 0 Å². The fourth-order valence-electron chi connectivity index (χ4n) is 3.15. The standard InChI is InChI=1S/C18H25N3O2/c1-18(2,3)23-17(22)20-9-7-15(8-10-20)21-11-6-13-12-14(19)4-5-16(13)21/h4-6,11-12,15H,7-10,19H2,1-3H3. The van der Waals surface area contributed by atoms with Crippen molar-refractivity contribution in [2.75, 3.05) is 18.8 Å². The van der Waals surface area contributed by atoms with Gasteiger partial charge in [-0.05, 0) is 57.9 Å². The number of anilines is 1. The lowest BCUT2D eigenvalue weighted by Crippen LogP contribution is -2.42. The molecule has 2 N–H and O–H groups in total. The predicted octanol–water partition coefficient (Wildman–Crippen LogP) is 3.80. The zero-order chi connectivity index (χ0) is 16.6. The van der Waals surface area contributed by atoms with Gasteiger partial charge in [-0.2, -0.15) is 0 Å². The summed E-state index contributed by atoms with van der Waals surface area (Å²) >= 11 is 0. The molecule has 2 heterocycles. The highest BCUT2D eigenvalue weighted by atomic mass is 16.6. The third-order valence-corrected chi connectivity index (χ3v) is 4.25. The van der Waals surface area contributed by atoms with Gasteiger partial charge in [-0.1, -0.05) is 0 Å². The maximum absolute atomic E-state index is 12.1. The van der Waals surface area contributed by atoms with Gasteiger partial charge in [0.05, 0.1) is 0 Å². The second-order valence-corrected chi connectivity index (χ2v) is 7.24. The largest absolute Gasteiger partial charge is 0.444 e. The van der Waals surface area contributed by atoms with Gasteiger partial charge in [0.25, 0.3) is 0 Å². The van der Waals surface area contributed by atoms with Crippen LogP contribution in [0.5, 0.6) is 0 Å². The van der Waals surface area contributed by atoms with Crippen LogP contribution in [0.3, 0.4) is 0 Å². The Labute approximate surface area is 137 Å². The molecule has 3 rings (SSSR count). The first kappa shape index (κ1) is 15.7. The Bertz CT molecular complexity index is 707. The van der Waals surface area contributed by atoms with Crippen LogP contribution in [0.15, 0.2) is 30.5 Å². The summed E-state index contributed by atoms with van der Waals surface area (Å²) in [5.74, 6) is 0. The van der Waals surface area contributed by atoms with Crippen molar-refractivity contribution >= 4 is 22.7 Å². The van der Waals surface area contributed by atoms with Gasteiger partial charge in [-0.15, -0.1) is 0 Å². The molecular weight excluding hydrogens is 290 g/mol. The fraction of sp³-hybridized carbons (Fsp3) is 0.500. The molecule has 0 bridgehead atoms. The molecule has 0 spiro atoms. The Hall–Kier alpha value is -2.17. The molecule has 2 aromatic rings.